The van der Waals surface area contributed by atoms with Crippen LogP contribution in [0.2, 0.25) is 5.02 Å². The predicted molar refractivity (Wildman–Crippen MR) is 65.1 cm³/mol. The molecule has 1 fully saturated rings. The van der Waals surface area contributed by atoms with E-state index in [0.29, 0.717) is 5.82 Å². The number of rotatable bonds is 4. The van der Waals surface area contributed by atoms with Crippen molar-refractivity contribution in [2.24, 2.45) is 5.92 Å². The topological polar surface area (TPSA) is 49.0 Å². The highest BCUT2D eigenvalue weighted by Crippen LogP contribution is 2.29. The van der Waals surface area contributed by atoms with Crippen LogP contribution in [0.5, 0.6) is 0 Å². The van der Waals surface area contributed by atoms with E-state index < -0.39 is 0 Å². The maximum Gasteiger partial charge on any atom is 0.271 e. The van der Waals surface area contributed by atoms with Crippen molar-refractivity contribution in [2.45, 2.75) is 26.2 Å². The van der Waals surface area contributed by atoms with E-state index in [1.807, 2.05) is 0 Å². The summed E-state index contributed by atoms with van der Waals surface area (Å²) in [4.78, 5) is 20.1. The van der Waals surface area contributed by atoms with Gasteiger partial charge in [0, 0.05) is 13.1 Å². The molecule has 1 aromatic heterocycles. The van der Waals surface area contributed by atoms with Crippen molar-refractivity contribution in [3.05, 3.63) is 21.7 Å². The Morgan fingerprint density at radius 1 is 1.62 bits per heavy atom. The van der Waals surface area contributed by atoms with Gasteiger partial charge in [-0.3, -0.25) is 4.79 Å². The van der Waals surface area contributed by atoms with Gasteiger partial charge in [-0.15, -0.1) is 0 Å². The normalized spacial score (nSPS) is 15.9. The SMILES string of the molecule is CCN(CC1CCC1)c1nc[nH]c(=O)c1Cl. The van der Waals surface area contributed by atoms with E-state index in [0.717, 1.165) is 19.0 Å². The van der Waals surface area contributed by atoms with Crippen LogP contribution in [0, 0.1) is 5.92 Å². The van der Waals surface area contributed by atoms with E-state index in [1.54, 1.807) is 0 Å². The van der Waals surface area contributed by atoms with Crippen LogP contribution < -0.4 is 10.5 Å². The first-order valence-corrected chi connectivity index (χ1v) is 6.08. The lowest BCUT2D eigenvalue weighted by atomic mass is 9.85. The number of H-pyrrole nitrogens is 1. The molecule has 88 valence electrons. The van der Waals surface area contributed by atoms with E-state index >= 15 is 0 Å². The Labute approximate surface area is 99.6 Å². The Morgan fingerprint density at radius 3 is 2.94 bits per heavy atom. The molecule has 0 saturated heterocycles. The van der Waals surface area contributed by atoms with Crippen molar-refractivity contribution in [1.29, 1.82) is 0 Å². The average molecular weight is 242 g/mol. The first kappa shape index (κ1) is 11.5. The first-order valence-electron chi connectivity index (χ1n) is 5.70. The molecule has 1 aliphatic rings. The van der Waals surface area contributed by atoms with Gasteiger partial charge in [0.1, 0.15) is 5.02 Å². The summed E-state index contributed by atoms with van der Waals surface area (Å²) in [6, 6.07) is 0. The predicted octanol–water partition coefficient (Wildman–Crippen LogP) is 2.05. The molecular formula is C11H16ClN3O. The van der Waals surface area contributed by atoms with Gasteiger partial charge < -0.3 is 9.88 Å². The molecule has 1 aliphatic carbocycles. The molecule has 16 heavy (non-hydrogen) atoms. The van der Waals surface area contributed by atoms with Crippen LogP contribution in [0.1, 0.15) is 26.2 Å². The highest BCUT2D eigenvalue weighted by molar-refractivity contribution is 6.32. The zero-order valence-corrected chi connectivity index (χ0v) is 10.1. The Balaban J connectivity index is 2.18. The summed E-state index contributed by atoms with van der Waals surface area (Å²) in [7, 11) is 0. The molecule has 0 atom stereocenters. The van der Waals surface area contributed by atoms with Gasteiger partial charge >= 0.3 is 0 Å². The molecule has 0 unspecified atom stereocenters. The number of hydrogen-bond acceptors (Lipinski definition) is 3. The third kappa shape index (κ3) is 2.21. The summed E-state index contributed by atoms with van der Waals surface area (Å²) >= 11 is 5.96. The van der Waals surface area contributed by atoms with Gasteiger partial charge in [0.2, 0.25) is 0 Å². The molecule has 1 aromatic rings. The molecular weight excluding hydrogens is 226 g/mol. The molecule has 0 aromatic carbocycles. The molecule has 0 radical (unpaired) electrons. The lowest BCUT2D eigenvalue weighted by Crippen LogP contribution is -2.34. The highest BCUT2D eigenvalue weighted by atomic mass is 35.5. The number of aromatic nitrogens is 2. The molecule has 5 heteroatoms. The van der Waals surface area contributed by atoms with E-state index in [4.69, 9.17) is 11.6 Å². The Bertz CT molecular complexity index is 414. The van der Waals surface area contributed by atoms with Crippen LogP contribution in [0.4, 0.5) is 5.82 Å². The maximum absolute atomic E-state index is 11.4. The summed E-state index contributed by atoms with van der Waals surface area (Å²) < 4.78 is 0. The number of nitrogens with zero attached hydrogens (tertiary/aromatic N) is 2. The molecule has 1 saturated carbocycles. The zero-order chi connectivity index (χ0) is 11.5. The molecule has 0 spiro atoms. The van der Waals surface area contributed by atoms with Gasteiger partial charge in [-0.2, -0.15) is 0 Å². The Kier molecular flexibility index (Phi) is 3.49. The second-order valence-electron chi connectivity index (χ2n) is 4.20. The lowest BCUT2D eigenvalue weighted by molar-refractivity contribution is 0.318. The van der Waals surface area contributed by atoms with Crippen molar-refractivity contribution >= 4 is 17.4 Å². The minimum absolute atomic E-state index is 0.198. The van der Waals surface area contributed by atoms with Crippen LogP contribution in [0.3, 0.4) is 0 Å². The van der Waals surface area contributed by atoms with Crippen molar-refractivity contribution in [3.63, 3.8) is 0 Å². The quantitative estimate of drug-likeness (QED) is 0.878. The van der Waals surface area contributed by atoms with E-state index in [2.05, 4.69) is 21.8 Å². The standard InChI is InChI=1S/C11H16ClN3O/c1-2-15(6-8-4-3-5-8)10-9(12)11(16)14-7-13-10/h7-8H,2-6H2,1H3,(H,13,14,16). The Morgan fingerprint density at radius 2 is 2.38 bits per heavy atom. The number of nitrogens with one attached hydrogen (secondary N) is 1. The van der Waals surface area contributed by atoms with Crippen LogP contribution in [0.15, 0.2) is 11.1 Å². The molecule has 4 nitrogen and oxygen atoms in total. The molecule has 0 amide bonds. The van der Waals surface area contributed by atoms with Crippen molar-refractivity contribution < 1.29 is 0 Å². The minimum Gasteiger partial charge on any atom is -0.355 e. The highest BCUT2D eigenvalue weighted by Gasteiger charge is 2.22. The third-order valence-electron chi connectivity index (χ3n) is 3.16. The van der Waals surface area contributed by atoms with Crippen LogP contribution in [-0.4, -0.2) is 23.1 Å². The summed E-state index contributed by atoms with van der Waals surface area (Å²) in [5.74, 6) is 1.34. The number of halogens is 1. The van der Waals surface area contributed by atoms with Crippen LogP contribution >= 0.6 is 11.6 Å². The van der Waals surface area contributed by atoms with E-state index in [-0.39, 0.29) is 10.6 Å². The molecule has 1 N–H and O–H groups in total. The van der Waals surface area contributed by atoms with Crippen molar-refractivity contribution in [3.8, 4) is 0 Å². The monoisotopic (exact) mass is 241 g/mol. The van der Waals surface area contributed by atoms with Gasteiger partial charge in [-0.05, 0) is 25.7 Å². The minimum atomic E-state index is -0.265. The van der Waals surface area contributed by atoms with Crippen LogP contribution in [0.25, 0.3) is 0 Å². The second kappa shape index (κ2) is 4.87. The zero-order valence-electron chi connectivity index (χ0n) is 9.37. The van der Waals surface area contributed by atoms with E-state index in [9.17, 15) is 4.79 Å². The van der Waals surface area contributed by atoms with Gasteiger partial charge in [0.15, 0.2) is 5.82 Å². The maximum atomic E-state index is 11.4. The average Bonchev–Trinajstić information content (AvgIpc) is 2.22. The lowest BCUT2D eigenvalue weighted by Gasteiger charge is -2.32. The molecule has 0 aliphatic heterocycles. The number of hydrogen-bond donors (Lipinski definition) is 1. The Hall–Kier alpha value is -1.03. The fourth-order valence-corrected chi connectivity index (χ4v) is 2.17. The molecule has 2 rings (SSSR count). The van der Waals surface area contributed by atoms with Crippen molar-refractivity contribution in [2.75, 3.05) is 18.0 Å². The smallest absolute Gasteiger partial charge is 0.271 e. The van der Waals surface area contributed by atoms with Gasteiger partial charge in [-0.25, -0.2) is 4.98 Å². The van der Waals surface area contributed by atoms with Crippen molar-refractivity contribution in [1.82, 2.24) is 9.97 Å². The summed E-state index contributed by atoms with van der Waals surface area (Å²) in [6.45, 7) is 3.83. The van der Waals surface area contributed by atoms with Gasteiger partial charge in [0.25, 0.3) is 5.56 Å². The largest absolute Gasteiger partial charge is 0.355 e. The molecule has 1 heterocycles. The fraction of sp³-hybridized carbons (Fsp3) is 0.636. The second-order valence-corrected chi connectivity index (χ2v) is 4.58. The molecule has 0 bridgehead atoms. The summed E-state index contributed by atoms with van der Waals surface area (Å²) in [6.07, 6.45) is 5.28. The summed E-state index contributed by atoms with van der Waals surface area (Å²) in [5, 5.41) is 0.198. The first-order chi connectivity index (χ1) is 7.72. The summed E-state index contributed by atoms with van der Waals surface area (Å²) in [5.41, 5.74) is -0.265. The number of aromatic amines is 1. The third-order valence-corrected chi connectivity index (χ3v) is 3.50. The number of anilines is 1. The van der Waals surface area contributed by atoms with Crippen LogP contribution in [-0.2, 0) is 0 Å². The van der Waals surface area contributed by atoms with Gasteiger partial charge in [-0.1, -0.05) is 18.0 Å². The van der Waals surface area contributed by atoms with E-state index in [1.165, 1.54) is 25.6 Å². The fourth-order valence-electron chi connectivity index (χ4n) is 1.95. The van der Waals surface area contributed by atoms with Gasteiger partial charge in [0.05, 0.1) is 6.33 Å².